The number of nitrogens with zero attached hydrogens (tertiary/aromatic N) is 1. The molecular formula is C19H27N3O3. The Hall–Kier alpha value is -2.11. The molecule has 0 bridgehead atoms. The van der Waals surface area contributed by atoms with Gasteiger partial charge in [0.05, 0.1) is 6.20 Å². The standard InChI is InChI=1S/C19H27N3O3/c1-3-15-12(2)16-7-6-13(9-17(16)22-19(15)24)21-18(23)11-25-14-5-4-8-20-10-14/h4-5,8,10,12-13,15-17H,3,6-7,9,11H2,1-2H3,(H,21,23)(H,22,24). The Balaban J connectivity index is 1.49. The Labute approximate surface area is 148 Å². The molecule has 2 N–H and O–H groups in total. The maximum atomic E-state index is 12.3. The van der Waals surface area contributed by atoms with E-state index in [1.54, 1.807) is 24.5 Å². The smallest absolute Gasteiger partial charge is 0.258 e. The van der Waals surface area contributed by atoms with Crippen molar-refractivity contribution in [3.05, 3.63) is 24.5 Å². The first-order valence-electron chi connectivity index (χ1n) is 9.21. The number of hydrogen-bond acceptors (Lipinski definition) is 4. The summed E-state index contributed by atoms with van der Waals surface area (Å²) in [5.41, 5.74) is 0. The van der Waals surface area contributed by atoms with Crippen LogP contribution in [-0.4, -0.2) is 35.5 Å². The van der Waals surface area contributed by atoms with Gasteiger partial charge in [0.25, 0.3) is 5.91 Å². The molecule has 5 atom stereocenters. The zero-order valence-electron chi connectivity index (χ0n) is 14.9. The van der Waals surface area contributed by atoms with Gasteiger partial charge >= 0.3 is 0 Å². The van der Waals surface area contributed by atoms with Gasteiger partial charge in [-0.25, -0.2) is 0 Å². The van der Waals surface area contributed by atoms with Gasteiger partial charge < -0.3 is 15.4 Å². The number of fused-ring (bicyclic) bond motifs is 1. The fourth-order valence-corrected chi connectivity index (χ4v) is 4.36. The van der Waals surface area contributed by atoms with E-state index in [4.69, 9.17) is 4.74 Å². The molecule has 136 valence electrons. The van der Waals surface area contributed by atoms with Gasteiger partial charge in [-0.2, -0.15) is 0 Å². The van der Waals surface area contributed by atoms with E-state index in [9.17, 15) is 9.59 Å². The molecule has 1 aromatic rings. The van der Waals surface area contributed by atoms with Gasteiger partial charge in [-0.05, 0) is 49.7 Å². The van der Waals surface area contributed by atoms with Gasteiger partial charge in [0, 0.05) is 24.2 Å². The summed E-state index contributed by atoms with van der Waals surface area (Å²) in [7, 11) is 0. The minimum Gasteiger partial charge on any atom is -0.482 e. The third-order valence-corrected chi connectivity index (χ3v) is 5.69. The van der Waals surface area contributed by atoms with Crippen LogP contribution in [0.3, 0.4) is 0 Å². The summed E-state index contributed by atoms with van der Waals surface area (Å²) in [6.45, 7) is 4.26. The summed E-state index contributed by atoms with van der Waals surface area (Å²) in [6.07, 6.45) is 6.93. The largest absolute Gasteiger partial charge is 0.482 e. The van der Waals surface area contributed by atoms with Crippen LogP contribution in [0.15, 0.2) is 24.5 Å². The molecule has 0 radical (unpaired) electrons. The monoisotopic (exact) mass is 345 g/mol. The van der Waals surface area contributed by atoms with Gasteiger partial charge in [-0.1, -0.05) is 13.8 Å². The minimum atomic E-state index is -0.131. The topological polar surface area (TPSA) is 80.3 Å². The zero-order valence-corrected chi connectivity index (χ0v) is 14.9. The molecular weight excluding hydrogens is 318 g/mol. The van der Waals surface area contributed by atoms with Gasteiger partial charge in [0.1, 0.15) is 5.75 Å². The van der Waals surface area contributed by atoms with Crippen LogP contribution in [0.2, 0.25) is 0 Å². The predicted molar refractivity (Wildman–Crippen MR) is 93.9 cm³/mol. The number of carbonyl (C=O) groups is 2. The minimum absolute atomic E-state index is 0.0169. The van der Waals surface area contributed by atoms with E-state index < -0.39 is 0 Å². The van der Waals surface area contributed by atoms with Crippen LogP contribution in [0.25, 0.3) is 0 Å². The average Bonchev–Trinajstić information content (AvgIpc) is 2.61. The Morgan fingerprint density at radius 1 is 1.44 bits per heavy atom. The number of amides is 2. The fourth-order valence-electron chi connectivity index (χ4n) is 4.36. The molecule has 0 aromatic carbocycles. The fraction of sp³-hybridized carbons (Fsp3) is 0.632. The molecule has 2 aliphatic rings. The van der Waals surface area contributed by atoms with E-state index in [0.29, 0.717) is 17.6 Å². The SMILES string of the molecule is CCC1C(=O)NC2CC(NC(=O)COc3cccnc3)CCC2C1C. The Kier molecular flexibility index (Phi) is 5.56. The van der Waals surface area contributed by atoms with Gasteiger partial charge in [0.15, 0.2) is 6.61 Å². The summed E-state index contributed by atoms with van der Waals surface area (Å²) in [5.74, 6) is 1.68. The number of nitrogens with one attached hydrogen (secondary N) is 2. The maximum Gasteiger partial charge on any atom is 0.258 e. The summed E-state index contributed by atoms with van der Waals surface area (Å²) in [5, 5.41) is 6.22. The molecule has 1 aliphatic carbocycles. The molecule has 6 nitrogen and oxygen atoms in total. The third kappa shape index (κ3) is 4.11. The van der Waals surface area contributed by atoms with Crippen molar-refractivity contribution in [1.82, 2.24) is 15.6 Å². The second-order valence-electron chi connectivity index (χ2n) is 7.21. The van der Waals surface area contributed by atoms with Crippen LogP contribution in [0.4, 0.5) is 0 Å². The molecule has 5 unspecified atom stereocenters. The molecule has 1 aromatic heterocycles. The lowest BCUT2D eigenvalue weighted by Gasteiger charge is -2.46. The Morgan fingerprint density at radius 2 is 2.28 bits per heavy atom. The van der Waals surface area contributed by atoms with E-state index >= 15 is 0 Å². The van der Waals surface area contributed by atoms with Crippen molar-refractivity contribution in [2.45, 2.75) is 51.6 Å². The van der Waals surface area contributed by atoms with Crippen LogP contribution in [0, 0.1) is 17.8 Å². The van der Waals surface area contributed by atoms with Crippen molar-refractivity contribution < 1.29 is 14.3 Å². The van der Waals surface area contributed by atoms with E-state index in [1.165, 1.54) is 0 Å². The molecule has 2 fully saturated rings. The van der Waals surface area contributed by atoms with Crippen molar-refractivity contribution in [3.8, 4) is 5.75 Å². The first-order valence-corrected chi connectivity index (χ1v) is 9.21. The normalized spacial score (nSPS) is 31.6. The molecule has 1 saturated carbocycles. The molecule has 2 heterocycles. The zero-order chi connectivity index (χ0) is 17.8. The lowest BCUT2D eigenvalue weighted by atomic mass is 9.67. The molecule has 6 heteroatoms. The highest BCUT2D eigenvalue weighted by Crippen LogP contribution is 2.38. The Bertz CT molecular complexity index is 607. The lowest BCUT2D eigenvalue weighted by molar-refractivity contribution is -0.133. The molecule has 0 spiro atoms. The second-order valence-corrected chi connectivity index (χ2v) is 7.21. The maximum absolute atomic E-state index is 12.3. The highest BCUT2D eigenvalue weighted by Gasteiger charge is 2.43. The van der Waals surface area contributed by atoms with Crippen LogP contribution in [-0.2, 0) is 9.59 Å². The van der Waals surface area contributed by atoms with E-state index in [2.05, 4.69) is 29.5 Å². The second kappa shape index (κ2) is 7.85. The van der Waals surface area contributed by atoms with Crippen molar-refractivity contribution in [1.29, 1.82) is 0 Å². The van der Waals surface area contributed by atoms with Gasteiger partial charge in [-0.3, -0.25) is 14.6 Å². The molecule has 1 aliphatic heterocycles. The van der Waals surface area contributed by atoms with E-state index in [1.807, 2.05) is 0 Å². The average molecular weight is 345 g/mol. The van der Waals surface area contributed by atoms with E-state index in [0.717, 1.165) is 25.7 Å². The number of ether oxygens (including phenoxy) is 1. The molecule has 3 rings (SSSR count). The first-order chi connectivity index (χ1) is 12.1. The van der Waals surface area contributed by atoms with Crippen LogP contribution < -0.4 is 15.4 Å². The first kappa shape index (κ1) is 17.7. The number of hydrogen-bond donors (Lipinski definition) is 2. The van der Waals surface area contributed by atoms with Crippen LogP contribution >= 0.6 is 0 Å². The van der Waals surface area contributed by atoms with Crippen molar-refractivity contribution >= 4 is 11.8 Å². The molecule has 25 heavy (non-hydrogen) atoms. The number of rotatable bonds is 5. The summed E-state index contributed by atoms with van der Waals surface area (Å²) >= 11 is 0. The quantitative estimate of drug-likeness (QED) is 0.854. The number of aromatic nitrogens is 1. The summed E-state index contributed by atoms with van der Waals surface area (Å²) in [4.78, 5) is 28.3. The van der Waals surface area contributed by atoms with E-state index in [-0.39, 0.29) is 36.4 Å². The Morgan fingerprint density at radius 3 is 3.00 bits per heavy atom. The van der Waals surface area contributed by atoms with Crippen molar-refractivity contribution in [2.75, 3.05) is 6.61 Å². The van der Waals surface area contributed by atoms with Crippen molar-refractivity contribution in [2.24, 2.45) is 17.8 Å². The number of piperidine rings is 1. The number of pyridine rings is 1. The van der Waals surface area contributed by atoms with Gasteiger partial charge in [0.2, 0.25) is 5.91 Å². The predicted octanol–water partition coefficient (Wildman–Crippen LogP) is 1.91. The third-order valence-electron chi connectivity index (χ3n) is 5.69. The molecule has 1 saturated heterocycles. The van der Waals surface area contributed by atoms with Crippen LogP contribution in [0.5, 0.6) is 5.75 Å². The number of carbonyl (C=O) groups excluding carboxylic acids is 2. The van der Waals surface area contributed by atoms with Gasteiger partial charge in [-0.15, -0.1) is 0 Å². The van der Waals surface area contributed by atoms with Crippen LogP contribution in [0.1, 0.15) is 39.5 Å². The highest BCUT2D eigenvalue weighted by molar-refractivity contribution is 5.80. The lowest BCUT2D eigenvalue weighted by Crippen LogP contribution is -2.58. The highest BCUT2D eigenvalue weighted by atomic mass is 16.5. The summed E-state index contributed by atoms with van der Waals surface area (Å²) in [6, 6.07) is 3.81. The summed E-state index contributed by atoms with van der Waals surface area (Å²) < 4.78 is 5.43. The molecule has 2 amide bonds. The van der Waals surface area contributed by atoms with Crippen molar-refractivity contribution in [3.63, 3.8) is 0 Å².